The summed E-state index contributed by atoms with van der Waals surface area (Å²) in [4.78, 5) is 19.4. The van der Waals surface area contributed by atoms with Crippen LogP contribution < -0.4 is 5.73 Å². The number of rotatable bonds is 3. The number of nitrogens with two attached hydrogens (primary N) is 1. The van der Waals surface area contributed by atoms with Gasteiger partial charge in [0, 0.05) is 5.39 Å². The molecule has 5 nitrogen and oxygen atoms in total. The highest BCUT2D eigenvalue weighted by Crippen LogP contribution is 2.29. The van der Waals surface area contributed by atoms with Gasteiger partial charge in [0.2, 0.25) is 5.91 Å². The first-order valence-corrected chi connectivity index (χ1v) is 7.19. The van der Waals surface area contributed by atoms with E-state index in [1.807, 2.05) is 42.7 Å². The fraction of sp³-hybridized carbons (Fsp3) is 0.267. The molecule has 0 aliphatic heterocycles. The van der Waals surface area contributed by atoms with Crippen molar-refractivity contribution in [3.05, 3.63) is 35.2 Å². The molecule has 0 spiro atoms. The number of primary amides is 1. The Morgan fingerprint density at radius 1 is 1.38 bits per heavy atom. The highest BCUT2D eigenvalue weighted by molar-refractivity contribution is 7.71. The van der Waals surface area contributed by atoms with E-state index in [1.54, 1.807) is 6.20 Å². The van der Waals surface area contributed by atoms with Gasteiger partial charge < -0.3 is 15.3 Å². The minimum atomic E-state index is -0.489. The first kappa shape index (κ1) is 13.8. The molecule has 0 bridgehead atoms. The molecule has 0 saturated carbocycles. The van der Waals surface area contributed by atoms with Crippen molar-refractivity contribution < 1.29 is 4.79 Å². The topological polar surface area (TPSA) is 76.7 Å². The van der Waals surface area contributed by atoms with Crippen molar-refractivity contribution in [2.45, 2.75) is 19.9 Å². The average Bonchev–Trinajstić information content (AvgIpc) is 2.75. The second-order valence-electron chi connectivity index (χ2n) is 5.43. The molecule has 0 saturated heterocycles. The van der Waals surface area contributed by atoms with Crippen LogP contribution in [0.2, 0.25) is 0 Å². The van der Waals surface area contributed by atoms with Gasteiger partial charge in [0.1, 0.15) is 6.04 Å². The molecule has 0 fully saturated rings. The van der Waals surface area contributed by atoms with Crippen molar-refractivity contribution in [1.29, 1.82) is 0 Å². The number of imidazole rings is 1. The molecule has 1 aromatic carbocycles. The lowest BCUT2D eigenvalue weighted by atomic mass is 10.0. The Kier molecular flexibility index (Phi) is 3.25. The molecule has 2 aromatic heterocycles. The van der Waals surface area contributed by atoms with Crippen LogP contribution in [0.15, 0.2) is 30.5 Å². The Morgan fingerprint density at radius 2 is 2.10 bits per heavy atom. The van der Waals surface area contributed by atoms with Gasteiger partial charge in [-0.3, -0.25) is 9.78 Å². The van der Waals surface area contributed by atoms with Gasteiger partial charge in [-0.2, -0.15) is 0 Å². The number of carbonyl (C=O) groups is 1. The minimum absolute atomic E-state index is 0.0418. The molecule has 1 amide bonds. The summed E-state index contributed by atoms with van der Waals surface area (Å²) in [6.07, 6.45) is 1.74. The van der Waals surface area contributed by atoms with E-state index < -0.39 is 6.04 Å². The zero-order valence-corrected chi connectivity index (χ0v) is 12.6. The van der Waals surface area contributed by atoms with Crippen LogP contribution in [0.5, 0.6) is 0 Å². The Hall–Kier alpha value is -2.21. The summed E-state index contributed by atoms with van der Waals surface area (Å²) in [6.45, 7) is 3.92. The van der Waals surface area contributed by atoms with E-state index in [4.69, 9.17) is 18.0 Å². The maximum absolute atomic E-state index is 11.9. The quantitative estimate of drug-likeness (QED) is 0.730. The molecule has 21 heavy (non-hydrogen) atoms. The number of hydrogen-bond acceptors (Lipinski definition) is 3. The third kappa shape index (κ3) is 2.12. The lowest BCUT2D eigenvalue weighted by Gasteiger charge is -2.20. The molecule has 0 radical (unpaired) electrons. The molecular formula is C15H16N4OS. The number of nitrogens with one attached hydrogen (secondary N) is 1. The van der Waals surface area contributed by atoms with Crippen LogP contribution >= 0.6 is 12.2 Å². The highest BCUT2D eigenvalue weighted by atomic mass is 32.1. The van der Waals surface area contributed by atoms with Crippen LogP contribution in [-0.2, 0) is 4.79 Å². The van der Waals surface area contributed by atoms with E-state index in [0.29, 0.717) is 4.77 Å². The highest BCUT2D eigenvalue weighted by Gasteiger charge is 2.25. The number of benzene rings is 1. The Bertz CT molecular complexity index is 893. The Balaban J connectivity index is 2.46. The smallest absolute Gasteiger partial charge is 0.240 e. The minimum Gasteiger partial charge on any atom is -0.368 e. The summed E-state index contributed by atoms with van der Waals surface area (Å²) in [6, 6.07) is 7.29. The summed E-state index contributed by atoms with van der Waals surface area (Å²) in [7, 11) is 0. The molecule has 1 atom stereocenters. The molecule has 6 heteroatoms. The van der Waals surface area contributed by atoms with Crippen LogP contribution in [0.4, 0.5) is 0 Å². The summed E-state index contributed by atoms with van der Waals surface area (Å²) in [5, 5.41) is 0.953. The van der Waals surface area contributed by atoms with E-state index in [1.165, 1.54) is 0 Å². The van der Waals surface area contributed by atoms with E-state index in [-0.39, 0.29) is 11.8 Å². The van der Waals surface area contributed by atoms with Crippen LogP contribution in [-0.4, -0.2) is 20.4 Å². The number of H-pyrrole nitrogens is 1. The van der Waals surface area contributed by atoms with Crippen LogP contribution in [0, 0.1) is 10.7 Å². The SMILES string of the molecule is CC(C)C(C(N)=O)n1c(=S)[nH]c2cnc3ccccc3c21. The number of aromatic amines is 1. The van der Waals surface area contributed by atoms with Crippen molar-refractivity contribution in [3.63, 3.8) is 0 Å². The van der Waals surface area contributed by atoms with Gasteiger partial charge in [-0.15, -0.1) is 0 Å². The molecule has 2 heterocycles. The second-order valence-corrected chi connectivity index (χ2v) is 5.82. The van der Waals surface area contributed by atoms with Gasteiger partial charge in [-0.1, -0.05) is 32.0 Å². The second kappa shape index (κ2) is 4.96. The van der Waals surface area contributed by atoms with Crippen molar-refractivity contribution >= 4 is 40.1 Å². The zero-order chi connectivity index (χ0) is 15.1. The van der Waals surface area contributed by atoms with Crippen molar-refractivity contribution in [2.24, 2.45) is 11.7 Å². The van der Waals surface area contributed by atoms with Gasteiger partial charge in [-0.25, -0.2) is 0 Å². The monoisotopic (exact) mass is 300 g/mol. The molecule has 0 aliphatic carbocycles. The number of pyridine rings is 1. The third-order valence-electron chi connectivity index (χ3n) is 3.65. The van der Waals surface area contributed by atoms with Gasteiger partial charge >= 0.3 is 0 Å². The Morgan fingerprint density at radius 3 is 2.76 bits per heavy atom. The van der Waals surface area contributed by atoms with Crippen molar-refractivity contribution in [3.8, 4) is 0 Å². The predicted molar refractivity (Wildman–Crippen MR) is 85.5 cm³/mol. The number of carbonyl (C=O) groups excluding carboxylic acids is 1. The van der Waals surface area contributed by atoms with Crippen molar-refractivity contribution in [1.82, 2.24) is 14.5 Å². The fourth-order valence-corrected chi connectivity index (χ4v) is 3.09. The molecule has 3 aromatic rings. The zero-order valence-electron chi connectivity index (χ0n) is 11.8. The van der Waals surface area contributed by atoms with Gasteiger partial charge in [0.05, 0.1) is 22.7 Å². The molecule has 1 unspecified atom stereocenters. The van der Waals surface area contributed by atoms with E-state index in [2.05, 4.69) is 9.97 Å². The van der Waals surface area contributed by atoms with Crippen molar-refractivity contribution in [2.75, 3.05) is 0 Å². The standard InChI is InChI=1S/C15H16N4OS/c1-8(2)12(14(16)20)19-13-9-5-3-4-6-10(9)17-7-11(13)18-15(19)21/h3-8,12H,1-2H3,(H2,16,20)(H,18,21). The molecule has 3 rings (SSSR count). The Labute approximate surface area is 126 Å². The van der Waals surface area contributed by atoms with E-state index in [0.717, 1.165) is 21.9 Å². The molecule has 0 aliphatic rings. The maximum Gasteiger partial charge on any atom is 0.240 e. The third-order valence-corrected chi connectivity index (χ3v) is 3.95. The maximum atomic E-state index is 11.9. The first-order valence-electron chi connectivity index (χ1n) is 6.78. The van der Waals surface area contributed by atoms with Gasteiger partial charge in [0.15, 0.2) is 4.77 Å². The summed E-state index contributed by atoms with van der Waals surface area (Å²) in [5.41, 5.74) is 8.15. The predicted octanol–water partition coefficient (Wildman–Crippen LogP) is 2.93. The van der Waals surface area contributed by atoms with E-state index in [9.17, 15) is 4.79 Å². The van der Waals surface area contributed by atoms with Crippen LogP contribution in [0.3, 0.4) is 0 Å². The summed E-state index contributed by atoms with van der Waals surface area (Å²) in [5.74, 6) is -0.344. The number of aromatic nitrogens is 3. The van der Waals surface area contributed by atoms with Gasteiger partial charge in [-0.05, 0) is 24.2 Å². The number of hydrogen-bond donors (Lipinski definition) is 2. The molecular weight excluding hydrogens is 284 g/mol. The normalized spacial score (nSPS) is 13.1. The molecule has 108 valence electrons. The number of fused-ring (bicyclic) bond motifs is 3. The van der Waals surface area contributed by atoms with Crippen LogP contribution in [0.1, 0.15) is 19.9 Å². The fourth-order valence-electron chi connectivity index (χ4n) is 2.77. The number of amides is 1. The first-order chi connectivity index (χ1) is 10.0. The number of nitrogens with zero attached hydrogens (tertiary/aromatic N) is 2. The lowest BCUT2D eigenvalue weighted by molar-refractivity contribution is -0.122. The average molecular weight is 300 g/mol. The van der Waals surface area contributed by atoms with Gasteiger partial charge in [0.25, 0.3) is 0 Å². The lowest BCUT2D eigenvalue weighted by Crippen LogP contribution is -2.30. The largest absolute Gasteiger partial charge is 0.368 e. The van der Waals surface area contributed by atoms with E-state index >= 15 is 0 Å². The number of para-hydroxylation sites is 1. The van der Waals surface area contributed by atoms with Crippen LogP contribution in [0.25, 0.3) is 21.9 Å². The summed E-state index contributed by atoms with van der Waals surface area (Å²) < 4.78 is 2.31. The molecule has 3 N–H and O–H groups in total. The summed E-state index contributed by atoms with van der Waals surface area (Å²) >= 11 is 5.40.